The Morgan fingerprint density at radius 2 is 2.06 bits per heavy atom. The Balaban J connectivity index is 1.64. The molecular weight excluding hydrogens is 240 g/mol. The van der Waals surface area contributed by atoms with Crippen LogP contribution < -0.4 is 5.32 Å². The van der Waals surface area contributed by atoms with Gasteiger partial charge in [0.05, 0.1) is 0 Å². The molecule has 2 aliphatic heterocycles. The minimum absolute atomic E-state index is 0.527. The smallest absolute Gasteiger partial charge is 0.0163 e. The van der Waals surface area contributed by atoms with Crippen LogP contribution in [0.4, 0.5) is 0 Å². The molecule has 0 radical (unpaired) electrons. The van der Waals surface area contributed by atoms with E-state index in [0.717, 1.165) is 12.0 Å². The fourth-order valence-corrected chi connectivity index (χ4v) is 4.54. The quantitative estimate of drug-likeness (QED) is 0.827. The van der Waals surface area contributed by atoms with Crippen molar-refractivity contribution < 1.29 is 0 Å². The van der Waals surface area contributed by atoms with Gasteiger partial charge in [-0.05, 0) is 56.0 Å². The van der Waals surface area contributed by atoms with E-state index < -0.39 is 0 Å². The minimum atomic E-state index is 0.527. The van der Waals surface area contributed by atoms with Crippen molar-refractivity contribution in [3.63, 3.8) is 0 Å². The average molecular weight is 270 g/mol. The van der Waals surface area contributed by atoms with Crippen LogP contribution in [0.15, 0.2) is 0 Å². The van der Waals surface area contributed by atoms with Gasteiger partial charge < -0.3 is 10.2 Å². The second-order valence-electron chi connectivity index (χ2n) is 7.10. The van der Waals surface area contributed by atoms with Gasteiger partial charge in [0.25, 0.3) is 0 Å². The molecule has 2 aliphatic rings. The zero-order valence-corrected chi connectivity index (χ0v) is 13.2. The number of hydrogen-bond donors (Lipinski definition) is 1. The first-order valence-electron chi connectivity index (χ1n) is 7.59. The molecule has 3 heteroatoms. The Labute approximate surface area is 117 Å². The monoisotopic (exact) mass is 270 g/mol. The average Bonchev–Trinajstić information content (AvgIpc) is 2.78. The predicted octanol–water partition coefficient (Wildman–Crippen LogP) is 2.84. The van der Waals surface area contributed by atoms with E-state index in [1.807, 2.05) is 0 Å². The van der Waals surface area contributed by atoms with Crippen LogP contribution in [0.1, 0.15) is 40.0 Å². The third kappa shape index (κ3) is 4.75. The van der Waals surface area contributed by atoms with E-state index in [9.17, 15) is 0 Å². The van der Waals surface area contributed by atoms with Gasteiger partial charge in [-0.2, -0.15) is 11.8 Å². The Hall–Kier alpha value is 0.270. The normalized spacial score (nSPS) is 30.5. The highest BCUT2D eigenvalue weighted by Gasteiger charge is 2.28. The fourth-order valence-electron chi connectivity index (χ4n) is 3.23. The number of nitrogens with one attached hydrogen (secondary N) is 1. The van der Waals surface area contributed by atoms with Crippen molar-refractivity contribution in [3.8, 4) is 0 Å². The van der Waals surface area contributed by atoms with Crippen LogP contribution >= 0.6 is 11.8 Å². The van der Waals surface area contributed by atoms with Gasteiger partial charge in [0.1, 0.15) is 0 Å². The van der Waals surface area contributed by atoms with E-state index >= 15 is 0 Å². The molecule has 2 unspecified atom stereocenters. The third-order valence-electron chi connectivity index (χ3n) is 4.13. The maximum Gasteiger partial charge on any atom is 0.0163 e. The molecule has 2 atom stereocenters. The van der Waals surface area contributed by atoms with Crippen molar-refractivity contribution >= 4 is 11.8 Å². The number of thioether (sulfide) groups is 1. The predicted molar refractivity (Wildman–Crippen MR) is 82.4 cm³/mol. The molecule has 0 saturated carbocycles. The van der Waals surface area contributed by atoms with Crippen LogP contribution in [-0.2, 0) is 0 Å². The van der Waals surface area contributed by atoms with E-state index in [2.05, 4.69) is 42.7 Å². The van der Waals surface area contributed by atoms with E-state index in [-0.39, 0.29) is 0 Å². The lowest BCUT2D eigenvalue weighted by Crippen LogP contribution is -2.43. The van der Waals surface area contributed by atoms with E-state index in [4.69, 9.17) is 0 Å². The third-order valence-corrected chi connectivity index (χ3v) is 5.76. The summed E-state index contributed by atoms with van der Waals surface area (Å²) in [5.41, 5.74) is 0.527. The lowest BCUT2D eigenvalue weighted by molar-refractivity contribution is 0.264. The van der Waals surface area contributed by atoms with Crippen molar-refractivity contribution in [2.24, 2.45) is 11.3 Å². The summed E-state index contributed by atoms with van der Waals surface area (Å²) >= 11 is 2.12. The van der Waals surface area contributed by atoms with Gasteiger partial charge in [0.2, 0.25) is 0 Å². The van der Waals surface area contributed by atoms with Gasteiger partial charge in [-0.3, -0.25) is 0 Å². The van der Waals surface area contributed by atoms with E-state index in [1.165, 1.54) is 56.9 Å². The van der Waals surface area contributed by atoms with Crippen LogP contribution in [0.5, 0.6) is 0 Å². The molecule has 0 aliphatic carbocycles. The lowest BCUT2D eigenvalue weighted by Gasteiger charge is -2.36. The summed E-state index contributed by atoms with van der Waals surface area (Å²) in [6.45, 7) is 12.3. The lowest BCUT2D eigenvalue weighted by atomic mass is 9.87. The van der Waals surface area contributed by atoms with Crippen molar-refractivity contribution in [2.75, 3.05) is 37.7 Å². The highest BCUT2D eigenvalue weighted by Crippen LogP contribution is 2.33. The van der Waals surface area contributed by atoms with Crippen molar-refractivity contribution in [3.05, 3.63) is 0 Å². The molecular formula is C15H30N2S. The standard InChI is InChI=1S/C15H30N2S/c1-13(10-17-6-4-5-7-17)9-16-14-8-15(2,3)12-18-11-14/h13-14,16H,4-12H2,1-3H3. The SMILES string of the molecule is CC(CNC1CSCC(C)(C)C1)CN1CCCC1. The molecule has 0 bridgehead atoms. The fraction of sp³-hybridized carbons (Fsp3) is 1.00. The topological polar surface area (TPSA) is 15.3 Å². The maximum atomic E-state index is 3.80. The van der Waals surface area contributed by atoms with Gasteiger partial charge in [-0.1, -0.05) is 20.8 Å². The summed E-state index contributed by atoms with van der Waals surface area (Å²) in [4.78, 5) is 2.63. The second-order valence-corrected chi connectivity index (χ2v) is 8.13. The van der Waals surface area contributed by atoms with Crippen molar-refractivity contribution in [2.45, 2.75) is 46.1 Å². The largest absolute Gasteiger partial charge is 0.313 e. The zero-order chi connectivity index (χ0) is 13.0. The highest BCUT2D eigenvalue weighted by molar-refractivity contribution is 7.99. The molecule has 0 aromatic carbocycles. The van der Waals surface area contributed by atoms with Crippen LogP contribution in [0.3, 0.4) is 0 Å². The van der Waals surface area contributed by atoms with Gasteiger partial charge >= 0.3 is 0 Å². The molecule has 0 amide bonds. The number of hydrogen-bond acceptors (Lipinski definition) is 3. The number of rotatable bonds is 5. The van der Waals surface area contributed by atoms with Gasteiger partial charge in [-0.25, -0.2) is 0 Å². The zero-order valence-electron chi connectivity index (χ0n) is 12.4. The molecule has 2 nitrogen and oxygen atoms in total. The van der Waals surface area contributed by atoms with Gasteiger partial charge in [0, 0.05) is 18.3 Å². The summed E-state index contributed by atoms with van der Waals surface area (Å²) in [7, 11) is 0. The van der Waals surface area contributed by atoms with Gasteiger partial charge in [0.15, 0.2) is 0 Å². The van der Waals surface area contributed by atoms with E-state index in [1.54, 1.807) is 0 Å². The molecule has 2 saturated heterocycles. The maximum absolute atomic E-state index is 3.80. The Bertz CT molecular complexity index is 249. The molecule has 0 aromatic heterocycles. The molecule has 0 spiro atoms. The first-order valence-corrected chi connectivity index (χ1v) is 8.74. The minimum Gasteiger partial charge on any atom is -0.313 e. The molecule has 0 aromatic rings. The molecule has 106 valence electrons. The van der Waals surface area contributed by atoms with Crippen LogP contribution in [0, 0.1) is 11.3 Å². The van der Waals surface area contributed by atoms with Crippen LogP contribution in [0.25, 0.3) is 0 Å². The summed E-state index contributed by atoms with van der Waals surface area (Å²) in [6.07, 6.45) is 4.16. The van der Waals surface area contributed by atoms with E-state index in [0.29, 0.717) is 5.41 Å². The molecule has 2 heterocycles. The van der Waals surface area contributed by atoms with Crippen molar-refractivity contribution in [1.29, 1.82) is 0 Å². The molecule has 1 N–H and O–H groups in total. The Morgan fingerprint density at radius 3 is 2.72 bits per heavy atom. The number of likely N-dealkylation sites (tertiary alicyclic amines) is 1. The van der Waals surface area contributed by atoms with Crippen LogP contribution in [-0.4, -0.2) is 48.6 Å². The summed E-state index contributed by atoms with van der Waals surface area (Å²) in [5, 5.41) is 3.80. The first-order chi connectivity index (χ1) is 8.55. The highest BCUT2D eigenvalue weighted by atomic mass is 32.2. The van der Waals surface area contributed by atoms with Crippen LogP contribution in [0.2, 0.25) is 0 Å². The Kier molecular flexibility index (Phi) is 5.40. The summed E-state index contributed by atoms with van der Waals surface area (Å²) in [6, 6.07) is 0.736. The molecule has 2 fully saturated rings. The molecule has 18 heavy (non-hydrogen) atoms. The first kappa shape index (κ1) is 14.7. The van der Waals surface area contributed by atoms with Crippen molar-refractivity contribution in [1.82, 2.24) is 10.2 Å². The Morgan fingerprint density at radius 1 is 1.33 bits per heavy atom. The summed E-state index contributed by atoms with van der Waals surface area (Å²) < 4.78 is 0. The van der Waals surface area contributed by atoms with Gasteiger partial charge in [-0.15, -0.1) is 0 Å². The second kappa shape index (κ2) is 6.62. The summed E-state index contributed by atoms with van der Waals surface area (Å²) in [5.74, 6) is 3.42. The number of nitrogens with zero attached hydrogens (tertiary/aromatic N) is 1. The molecule has 2 rings (SSSR count).